The van der Waals surface area contributed by atoms with Crippen LogP contribution in [0.4, 0.5) is 21.6 Å². The standard InChI is InChI=1S/C24H26FN5O2/c1-16-4-3-9-26-24(16)29-20-12-17(2)27-21(13-20)22-14-30(10-11-32-22)15-23(31)28-19-7-5-18(25)6-8-19/h3-9,12-13,22H,10-11,14-15H2,1-2H3,(H,28,31)(H,26,27,29)/t22-/m0/s1. The number of morpholine rings is 1. The van der Waals surface area contributed by atoms with Crippen molar-refractivity contribution in [3.05, 3.63) is 77.5 Å². The molecule has 0 unspecified atom stereocenters. The van der Waals surface area contributed by atoms with E-state index in [1.54, 1.807) is 18.3 Å². The molecule has 1 amide bonds. The Bertz CT molecular complexity index is 1090. The lowest BCUT2D eigenvalue weighted by molar-refractivity contribution is -0.119. The molecule has 2 N–H and O–H groups in total. The fourth-order valence-corrected chi connectivity index (χ4v) is 3.65. The summed E-state index contributed by atoms with van der Waals surface area (Å²) in [6.45, 7) is 5.88. The minimum absolute atomic E-state index is 0.151. The van der Waals surface area contributed by atoms with Crippen LogP contribution in [0.5, 0.6) is 0 Å². The number of carbonyl (C=O) groups excluding carboxylic acids is 1. The molecule has 32 heavy (non-hydrogen) atoms. The van der Waals surface area contributed by atoms with E-state index in [0.717, 1.165) is 28.5 Å². The molecule has 2 aromatic heterocycles. The Hall–Kier alpha value is -3.36. The van der Waals surface area contributed by atoms with E-state index in [-0.39, 0.29) is 24.4 Å². The number of rotatable bonds is 6. The number of pyridine rings is 2. The first-order valence-corrected chi connectivity index (χ1v) is 10.5. The quantitative estimate of drug-likeness (QED) is 0.610. The van der Waals surface area contributed by atoms with Crippen LogP contribution in [0.2, 0.25) is 0 Å². The lowest BCUT2D eigenvalue weighted by Gasteiger charge is -2.32. The van der Waals surface area contributed by atoms with Gasteiger partial charge in [0.1, 0.15) is 17.7 Å². The minimum Gasteiger partial charge on any atom is -0.369 e. The van der Waals surface area contributed by atoms with Gasteiger partial charge in [0.05, 0.1) is 18.8 Å². The summed E-state index contributed by atoms with van der Waals surface area (Å²) in [7, 11) is 0. The van der Waals surface area contributed by atoms with Gasteiger partial charge in [-0.2, -0.15) is 0 Å². The molecule has 1 aromatic carbocycles. The fourth-order valence-electron chi connectivity index (χ4n) is 3.65. The molecule has 3 aromatic rings. The highest BCUT2D eigenvalue weighted by Crippen LogP contribution is 2.26. The summed E-state index contributed by atoms with van der Waals surface area (Å²) < 4.78 is 19.0. The Morgan fingerprint density at radius 3 is 2.78 bits per heavy atom. The smallest absolute Gasteiger partial charge is 0.238 e. The molecule has 4 rings (SSSR count). The number of ether oxygens (including phenoxy) is 1. The number of nitrogens with zero attached hydrogens (tertiary/aromatic N) is 3. The first kappa shape index (κ1) is 21.9. The summed E-state index contributed by atoms with van der Waals surface area (Å²) >= 11 is 0. The van der Waals surface area contributed by atoms with Crippen molar-refractivity contribution in [2.45, 2.75) is 20.0 Å². The molecule has 8 heteroatoms. The maximum atomic E-state index is 13.1. The van der Waals surface area contributed by atoms with Crippen LogP contribution in [0.3, 0.4) is 0 Å². The number of aryl methyl sites for hydroxylation is 2. The Balaban J connectivity index is 1.41. The zero-order valence-corrected chi connectivity index (χ0v) is 18.1. The average molecular weight is 436 g/mol. The highest BCUT2D eigenvalue weighted by atomic mass is 19.1. The van der Waals surface area contributed by atoms with Crippen molar-refractivity contribution < 1.29 is 13.9 Å². The maximum absolute atomic E-state index is 13.1. The normalized spacial score (nSPS) is 16.5. The topological polar surface area (TPSA) is 79.4 Å². The highest BCUT2D eigenvalue weighted by molar-refractivity contribution is 5.92. The summed E-state index contributed by atoms with van der Waals surface area (Å²) in [6.07, 6.45) is 1.51. The molecule has 0 radical (unpaired) electrons. The number of hydrogen-bond acceptors (Lipinski definition) is 6. The second-order valence-corrected chi connectivity index (χ2v) is 7.87. The SMILES string of the molecule is Cc1cc(Nc2ncccc2C)cc([C@@H]2CN(CC(=O)Nc3ccc(F)cc3)CCO2)n1. The second kappa shape index (κ2) is 9.84. The summed E-state index contributed by atoms with van der Waals surface area (Å²) in [4.78, 5) is 23.5. The van der Waals surface area contributed by atoms with Crippen molar-refractivity contribution in [3.8, 4) is 0 Å². The van der Waals surface area contributed by atoms with Gasteiger partial charge in [-0.25, -0.2) is 9.37 Å². The molecule has 1 atom stereocenters. The third-order valence-electron chi connectivity index (χ3n) is 5.22. The van der Waals surface area contributed by atoms with E-state index >= 15 is 0 Å². The van der Waals surface area contributed by atoms with Crippen LogP contribution in [0, 0.1) is 19.7 Å². The lowest BCUT2D eigenvalue weighted by Crippen LogP contribution is -2.42. The zero-order valence-electron chi connectivity index (χ0n) is 18.1. The van der Waals surface area contributed by atoms with Gasteiger partial charge in [0, 0.05) is 36.4 Å². The molecule has 3 heterocycles. The molecule has 1 saturated heterocycles. The van der Waals surface area contributed by atoms with Crippen molar-refractivity contribution in [3.63, 3.8) is 0 Å². The van der Waals surface area contributed by atoms with Crippen molar-refractivity contribution in [2.75, 3.05) is 36.9 Å². The number of anilines is 3. The van der Waals surface area contributed by atoms with Crippen molar-refractivity contribution in [2.24, 2.45) is 0 Å². The van der Waals surface area contributed by atoms with Gasteiger partial charge in [0.2, 0.25) is 5.91 Å². The van der Waals surface area contributed by atoms with Crippen LogP contribution in [0.15, 0.2) is 54.7 Å². The first-order chi connectivity index (χ1) is 15.5. The Labute approximate surface area is 186 Å². The van der Waals surface area contributed by atoms with Gasteiger partial charge in [0.25, 0.3) is 0 Å². The van der Waals surface area contributed by atoms with Gasteiger partial charge < -0.3 is 15.4 Å². The number of hydrogen-bond donors (Lipinski definition) is 2. The fraction of sp³-hybridized carbons (Fsp3) is 0.292. The van der Waals surface area contributed by atoms with E-state index in [1.807, 2.05) is 43.0 Å². The first-order valence-electron chi connectivity index (χ1n) is 10.5. The van der Waals surface area contributed by atoms with E-state index in [2.05, 4.69) is 20.6 Å². The summed E-state index contributed by atoms with van der Waals surface area (Å²) in [6, 6.07) is 13.6. The second-order valence-electron chi connectivity index (χ2n) is 7.87. The van der Waals surface area contributed by atoms with Gasteiger partial charge >= 0.3 is 0 Å². The molecule has 1 aliphatic heterocycles. The number of halogens is 1. The van der Waals surface area contributed by atoms with E-state index in [9.17, 15) is 9.18 Å². The third-order valence-corrected chi connectivity index (χ3v) is 5.22. The number of nitrogens with one attached hydrogen (secondary N) is 2. The molecule has 7 nitrogen and oxygen atoms in total. The molecule has 1 fully saturated rings. The third kappa shape index (κ3) is 5.66. The van der Waals surface area contributed by atoms with Crippen LogP contribution in [-0.4, -0.2) is 47.0 Å². The molecule has 1 aliphatic rings. The maximum Gasteiger partial charge on any atom is 0.238 e. The van der Waals surface area contributed by atoms with E-state index < -0.39 is 0 Å². The van der Waals surface area contributed by atoms with E-state index in [4.69, 9.17) is 4.74 Å². The number of aromatic nitrogens is 2. The van der Waals surface area contributed by atoms with Crippen molar-refractivity contribution in [1.82, 2.24) is 14.9 Å². The Morgan fingerprint density at radius 2 is 2.00 bits per heavy atom. The largest absolute Gasteiger partial charge is 0.369 e. The molecular formula is C24H26FN5O2. The molecule has 0 bridgehead atoms. The average Bonchev–Trinajstić information content (AvgIpc) is 2.77. The lowest BCUT2D eigenvalue weighted by atomic mass is 10.1. The zero-order chi connectivity index (χ0) is 22.5. The van der Waals surface area contributed by atoms with Crippen LogP contribution in [-0.2, 0) is 9.53 Å². The number of amides is 1. The minimum atomic E-state index is -0.336. The monoisotopic (exact) mass is 435 g/mol. The van der Waals surface area contributed by atoms with Gasteiger partial charge in [0.15, 0.2) is 0 Å². The van der Waals surface area contributed by atoms with Gasteiger partial charge in [-0.15, -0.1) is 0 Å². The predicted molar refractivity (Wildman–Crippen MR) is 121 cm³/mol. The van der Waals surface area contributed by atoms with E-state index in [0.29, 0.717) is 25.4 Å². The van der Waals surface area contributed by atoms with Crippen LogP contribution >= 0.6 is 0 Å². The molecule has 0 spiro atoms. The van der Waals surface area contributed by atoms with Crippen molar-refractivity contribution >= 4 is 23.1 Å². The van der Waals surface area contributed by atoms with Crippen LogP contribution in [0.25, 0.3) is 0 Å². The summed E-state index contributed by atoms with van der Waals surface area (Å²) in [5.74, 6) is 0.312. The van der Waals surface area contributed by atoms with Crippen molar-refractivity contribution in [1.29, 1.82) is 0 Å². The van der Waals surface area contributed by atoms with Crippen LogP contribution < -0.4 is 10.6 Å². The van der Waals surface area contributed by atoms with E-state index in [1.165, 1.54) is 12.1 Å². The van der Waals surface area contributed by atoms with Gasteiger partial charge in [-0.1, -0.05) is 6.07 Å². The highest BCUT2D eigenvalue weighted by Gasteiger charge is 2.25. The molecule has 166 valence electrons. The van der Waals surface area contributed by atoms with Gasteiger partial charge in [-0.05, 0) is 61.9 Å². The summed E-state index contributed by atoms with van der Waals surface area (Å²) in [5, 5.41) is 6.16. The molecule has 0 saturated carbocycles. The molecule has 0 aliphatic carbocycles. The Kier molecular flexibility index (Phi) is 6.72. The number of carbonyl (C=O) groups is 1. The molecular weight excluding hydrogens is 409 g/mol. The predicted octanol–water partition coefficient (Wildman–Crippen LogP) is 3.99. The van der Waals surface area contributed by atoms with Gasteiger partial charge in [-0.3, -0.25) is 14.7 Å². The Morgan fingerprint density at radius 1 is 1.19 bits per heavy atom. The van der Waals surface area contributed by atoms with Crippen LogP contribution in [0.1, 0.15) is 23.1 Å². The number of benzene rings is 1. The summed E-state index contributed by atoms with van der Waals surface area (Å²) in [5.41, 5.74) is 4.19.